The molecule has 1 aromatic rings. The minimum Gasteiger partial charge on any atom is -0.340 e. The standard InChI is InChI=1S/C14H24N4O3S/c1-5-16-11-15-10-12(16)22(20,21)18-8-6-17(7-9-18)13(19)14(2,3)4/h10-11H,5-9H2,1-4H3. The van der Waals surface area contributed by atoms with Crippen LogP contribution >= 0.6 is 0 Å². The third kappa shape index (κ3) is 3.17. The third-order valence-electron chi connectivity index (χ3n) is 3.79. The first-order valence-corrected chi connectivity index (χ1v) is 8.91. The molecule has 124 valence electrons. The van der Waals surface area contributed by atoms with Crippen LogP contribution in [-0.2, 0) is 21.4 Å². The highest BCUT2D eigenvalue weighted by atomic mass is 32.2. The number of piperazine rings is 1. The zero-order valence-corrected chi connectivity index (χ0v) is 14.4. The Hall–Kier alpha value is -1.41. The Morgan fingerprint density at radius 2 is 1.82 bits per heavy atom. The Labute approximate surface area is 132 Å². The second kappa shape index (κ2) is 6.00. The van der Waals surface area contributed by atoms with Crippen molar-refractivity contribution in [2.75, 3.05) is 26.2 Å². The topological polar surface area (TPSA) is 75.5 Å². The van der Waals surface area contributed by atoms with E-state index in [0.717, 1.165) is 0 Å². The van der Waals surface area contributed by atoms with Crippen molar-refractivity contribution in [3.63, 3.8) is 0 Å². The van der Waals surface area contributed by atoms with E-state index in [9.17, 15) is 13.2 Å². The summed E-state index contributed by atoms with van der Waals surface area (Å²) in [5, 5.41) is 0.214. The average Bonchev–Trinajstić information content (AvgIpc) is 2.95. The first kappa shape index (κ1) is 17.0. The number of hydrogen-bond donors (Lipinski definition) is 0. The summed E-state index contributed by atoms with van der Waals surface area (Å²) in [5.41, 5.74) is -0.443. The van der Waals surface area contributed by atoms with Crippen molar-refractivity contribution in [2.45, 2.75) is 39.3 Å². The molecule has 7 nitrogen and oxygen atoms in total. The SMILES string of the molecule is CCn1cncc1S(=O)(=O)N1CCN(C(=O)C(C)(C)C)CC1. The van der Waals surface area contributed by atoms with Crippen LogP contribution in [0.5, 0.6) is 0 Å². The molecule has 1 aliphatic heterocycles. The summed E-state index contributed by atoms with van der Waals surface area (Å²) in [5.74, 6) is 0.0585. The lowest BCUT2D eigenvalue weighted by Crippen LogP contribution is -2.53. The highest BCUT2D eigenvalue weighted by molar-refractivity contribution is 7.89. The highest BCUT2D eigenvalue weighted by Crippen LogP contribution is 2.21. The van der Waals surface area contributed by atoms with Crippen molar-refractivity contribution >= 4 is 15.9 Å². The number of nitrogens with zero attached hydrogens (tertiary/aromatic N) is 4. The number of aryl methyl sites for hydroxylation is 1. The van der Waals surface area contributed by atoms with E-state index in [2.05, 4.69) is 4.98 Å². The summed E-state index contributed by atoms with van der Waals surface area (Å²) in [6, 6.07) is 0. The Bertz CT molecular complexity index is 637. The van der Waals surface area contributed by atoms with Gasteiger partial charge in [0.25, 0.3) is 10.0 Å². The molecule has 1 amide bonds. The number of rotatable bonds is 3. The number of carbonyl (C=O) groups is 1. The Balaban J connectivity index is 2.10. The number of carbonyl (C=O) groups excluding carboxylic acids is 1. The molecule has 0 aliphatic carbocycles. The van der Waals surface area contributed by atoms with Crippen molar-refractivity contribution in [3.05, 3.63) is 12.5 Å². The van der Waals surface area contributed by atoms with Gasteiger partial charge in [-0.1, -0.05) is 20.8 Å². The van der Waals surface area contributed by atoms with Gasteiger partial charge in [-0.05, 0) is 6.92 Å². The molecule has 0 aromatic carbocycles. The molecule has 0 N–H and O–H groups in total. The molecule has 0 bridgehead atoms. The van der Waals surface area contributed by atoms with Gasteiger partial charge in [0.05, 0.1) is 12.5 Å². The maximum Gasteiger partial charge on any atom is 0.260 e. The molecule has 0 radical (unpaired) electrons. The lowest BCUT2D eigenvalue weighted by molar-refractivity contribution is -0.140. The molecule has 1 fully saturated rings. The predicted molar refractivity (Wildman–Crippen MR) is 82.7 cm³/mol. The largest absolute Gasteiger partial charge is 0.340 e. The lowest BCUT2D eigenvalue weighted by atomic mass is 9.94. The molecule has 1 aromatic heterocycles. The lowest BCUT2D eigenvalue weighted by Gasteiger charge is -2.36. The van der Waals surface area contributed by atoms with Crippen molar-refractivity contribution in [1.82, 2.24) is 18.8 Å². The van der Waals surface area contributed by atoms with Crippen LogP contribution in [-0.4, -0.2) is 59.3 Å². The molecule has 22 heavy (non-hydrogen) atoms. The number of sulfonamides is 1. The first-order valence-electron chi connectivity index (χ1n) is 7.47. The quantitative estimate of drug-likeness (QED) is 0.822. The van der Waals surface area contributed by atoms with E-state index >= 15 is 0 Å². The van der Waals surface area contributed by atoms with Crippen molar-refractivity contribution in [2.24, 2.45) is 5.41 Å². The van der Waals surface area contributed by atoms with E-state index in [0.29, 0.717) is 32.7 Å². The highest BCUT2D eigenvalue weighted by Gasteiger charge is 2.34. The maximum absolute atomic E-state index is 12.7. The van der Waals surface area contributed by atoms with Gasteiger partial charge in [0, 0.05) is 38.1 Å². The molecule has 1 aliphatic rings. The monoisotopic (exact) mass is 328 g/mol. The maximum atomic E-state index is 12.7. The Kier molecular flexibility index (Phi) is 4.62. The van der Waals surface area contributed by atoms with Gasteiger partial charge >= 0.3 is 0 Å². The zero-order chi connectivity index (χ0) is 16.5. The Morgan fingerprint density at radius 3 is 2.32 bits per heavy atom. The van der Waals surface area contributed by atoms with Gasteiger partial charge in [-0.2, -0.15) is 4.31 Å². The second-order valence-electron chi connectivity index (χ2n) is 6.46. The van der Waals surface area contributed by atoms with Gasteiger partial charge in [-0.15, -0.1) is 0 Å². The van der Waals surface area contributed by atoms with E-state index in [4.69, 9.17) is 0 Å². The van der Waals surface area contributed by atoms with Gasteiger partial charge in [0.1, 0.15) is 0 Å². The molecule has 0 atom stereocenters. The van der Waals surface area contributed by atoms with Crippen molar-refractivity contribution in [1.29, 1.82) is 0 Å². The van der Waals surface area contributed by atoms with Gasteiger partial charge in [-0.25, -0.2) is 13.4 Å². The molecule has 2 heterocycles. The fraction of sp³-hybridized carbons (Fsp3) is 0.714. The van der Waals surface area contributed by atoms with Crippen molar-refractivity contribution in [3.8, 4) is 0 Å². The van der Waals surface area contributed by atoms with E-state index in [-0.39, 0.29) is 10.9 Å². The van der Waals surface area contributed by atoms with Crippen LogP contribution in [0.25, 0.3) is 0 Å². The smallest absolute Gasteiger partial charge is 0.260 e. The summed E-state index contributed by atoms with van der Waals surface area (Å²) in [6.45, 7) is 9.54. The van der Waals surface area contributed by atoms with Crippen LogP contribution in [0.3, 0.4) is 0 Å². The summed E-state index contributed by atoms with van der Waals surface area (Å²) >= 11 is 0. The molecule has 8 heteroatoms. The minimum absolute atomic E-state index is 0.0585. The average molecular weight is 328 g/mol. The summed E-state index contributed by atoms with van der Waals surface area (Å²) < 4.78 is 28.4. The van der Waals surface area contributed by atoms with E-state index in [1.54, 1.807) is 9.47 Å². The van der Waals surface area contributed by atoms with Crippen LogP contribution in [0, 0.1) is 5.41 Å². The fourth-order valence-electron chi connectivity index (χ4n) is 2.50. The molecule has 2 rings (SSSR count). The third-order valence-corrected chi connectivity index (χ3v) is 5.70. The fourth-order valence-corrected chi connectivity index (χ4v) is 4.07. The van der Waals surface area contributed by atoms with Gasteiger partial charge in [-0.3, -0.25) is 4.79 Å². The normalized spacial score (nSPS) is 17.7. The van der Waals surface area contributed by atoms with E-state index in [1.165, 1.54) is 16.8 Å². The summed E-state index contributed by atoms with van der Waals surface area (Å²) in [6.07, 6.45) is 2.90. The van der Waals surface area contributed by atoms with Gasteiger partial charge in [0.15, 0.2) is 5.03 Å². The predicted octanol–water partition coefficient (Wildman–Crippen LogP) is 0.782. The molecular weight excluding hydrogens is 304 g/mol. The minimum atomic E-state index is -3.55. The van der Waals surface area contributed by atoms with Crippen LogP contribution in [0.1, 0.15) is 27.7 Å². The zero-order valence-electron chi connectivity index (χ0n) is 13.6. The van der Waals surface area contributed by atoms with Crippen LogP contribution in [0.4, 0.5) is 0 Å². The molecular formula is C14H24N4O3S. The number of aromatic nitrogens is 2. The molecule has 0 unspecified atom stereocenters. The number of hydrogen-bond acceptors (Lipinski definition) is 4. The van der Waals surface area contributed by atoms with E-state index < -0.39 is 15.4 Å². The van der Waals surface area contributed by atoms with Crippen LogP contribution in [0.15, 0.2) is 17.6 Å². The molecule has 1 saturated heterocycles. The second-order valence-corrected chi connectivity index (χ2v) is 8.35. The van der Waals surface area contributed by atoms with Gasteiger partial charge in [0.2, 0.25) is 5.91 Å². The summed E-state index contributed by atoms with van der Waals surface area (Å²) in [4.78, 5) is 17.9. The Morgan fingerprint density at radius 1 is 1.23 bits per heavy atom. The van der Waals surface area contributed by atoms with Gasteiger partial charge < -0.3 is 9.47 Å². The van der Waals surface area contributed by atoms with Crippen LogP contribution in [0.2, 0.25) is 0 Å². The number of amides is 1. The van der Waals surface area contributed by atoms with Crippen molar-refractivity contribution < 1.29 is 13.2 Å². The molecule has 0 spiro atoms. The first-order chi connectivity index (χ1) is 10.2. The summed E-state index contributed by atoms with van der Waals surface area (Å²) in [7, 11) is -3.55. The molecule has 0 saturated carbocycles. The van der Waals surface area contributed by atoms with Crippen LogP contribution < -0.4 is 0 Å². The van der Waals surface area contributed by atoms with E-state index in [1.807, 2.05) is 27.7 Å². The number of imidazole rings is 1.